The molecule has 4 nitrogen and oxygen atoms in total. The van der Waals surface area contributed by atoms with Crippen molar-refractivity contribution in [3.63, 3.8) is 0 Å². The fourth-order valence-corrected chi connectivity index (χ4v) is 3.76. The van der Waals surface area contributed by atoms with E-state index in [0.29, 0.717) is 4.88 Å². The van der Waals surface area contributed by atoms with Crippen molar-refractivity contribution in [2.75, 3.05) is 26.7 Å². The third-order valence-corrected chi connectivity index (χ3v) is 5.09. The highest BCUT2D eigenvalue weighted by atomic mass is 32.1. The van der Waals surface area contributed by atoms with Crippen molar-refractivity contribution in [3.05, 3.63) is 46.4 Å². The van der Waals surface area contributed by atoms with E-state index in [-0.39, 0.29) is 24.2 Å². The molecule has 1 saturated heterocycles. The van der Waals surface area contributed by atoms with Crippen LogP contribution in [0.2, 0.25) is 0 Å². The SMILES string of the molecule is CN(CC(=O)N1CCCC1)C(=O)c1sccc1-c1ccc(F)cc1. The average Bonchev–Trinajstić information content (AvgIpc) is 3.26. The molecule has 2 heterocycles. The van der Waals surface area contributed by atoms with E-state index in [4.69, 9.17) is 0 Å². The van der Waals surface area contributed by atoms with E-state index in [2.05, 4.69) is 0 Å². The Morgan fingerprint density at radius 1 is 1.17 bits per heavy atom. The van der Waals surface area contributed by atoms with Gasteiger partial charge >= 0.3 is 0 Å². The van der Waals surface area contributed by atoms with Crippen LogP contribution in [0, 0.1) is 5.82 Å². The summed E-state index contributed by atoms with van der Waals surface area (Å²) in [6, 6.07) is 7.91. The van der Waals surface area contributed by atoms with Gasteiger partial charge in [0.05, 0.1) is 11.4 Å². The summed E-state index contributed by atoms with van der Waals surface area (Å²) in [5.41, 5.74) is 1.56. The Balaban J connectivity index is 1.74. The zero-order valence-corrected chi connectivity index (χ0v) is 14.3. The van der Waals surface area contributed by atoms with Crippen LogP contribution < -0.4 is 0 Å². The molecule has 6 heteroatoms. The monoisotopic (exact) mass is 346 g/mol. The molecule has 3 rings (SSSR count). The topological polar surface area (TPSA) is 40.6 Å². The smallest absolute Gasteiger partial charge is 0.264 e. The number of carbonyl (C=O) groups is 2. The molecule has 24 heavy (non-hydrogen) atoms. The van der Waals surface area contributed by atoms with Crippen LogP contribution in [0.3, 0.4) is 0 Å². The van der Waals surface area contributed by atoms with E-state index in [1.165, 1.54) is 28.4 Å². The van der Waals surface area contributed by atoms with E-state index in [9.17, 15) is 14.0 Å². The number of nitrogens with zero attached hydrogens (tertiary/aromatic N) is 2. The fraction of sp³-hybridized carbons (Fsp3) is 0.333. The Bertz CT molecular complexity index is 736. The van der Waals surface area contributed by atoms with Crippen LogP contribution in [0.25, 0.3) is 11.1 Å². The molecule has 0 bridgehead atoms. The van der Waals surface area contributed by atoms with Crippen LogP contribution in [0.15, 0.2) is 35.7 Å². The quantitative estimate of drug-likeness (QED) is 0.853. The van der Waals surface area contributed by atoms with Crippen LogP contribution in [-0.4, -0.2) is 48.3 Å². The highest BCUT2D eigenvalue weighted by Crippen LogP contribution is 2.29. The molecule has 0 atom stereocenters. The molecule has 1 aromatic carbocycles. The van der Waals surface area contributed by atoms with Crippen LogP contribution in [0.4, 0.5) is 4.39 Å². The van der Waals surface area contributed by atoms with Crippen LogP contribution in [0.1, 0.15) is 22.5 Å². The lowest BCUT2D eigenvalue weighted by Crippen LogP contribution is -2.39. The van der Waals surface area contributed by atoms with Crippen LogP contribution in [-0.2, 0) is 4.79 Å². The first-order valence-corrected chi connectivity index (χ1v) is 8.81. The fourth-order valence-electron chi connectivity index (χ4n) is 2.85. The minimum absolute atomic E-state index is 0.0109. The Hall–Kier alpha value is -2.21. The van der Waals surface area contributed by atoms with Gasteiger partial charge in [0.25, 0.3) is 5.91 Å². The minimum Gasteiger partial charge on any atom is -0.341 e. The molecule has 1 aromatic heterocycles. The zero-order valence-electron chi connectivity index (χ0n) is 13.5. The molecule has 0 saturated carbocycles. The van der Waals surface area contributed by atoms with Crippen molar-refractivity contribution in [2.45, 2.75) is 12.8 Å². The first-order chi connectivity index (χ1) is 11.6. The summed E-state index contributed by atoms with van der Waals surface area (Å²) in [6.45, 7) is 1.64. The van der Waals surface area contributed by atoms with Crippen molar-refractivity contribution in [1.29, 1.82) is 0 Å². The second-order valence-electron chi connectivity index (χ2n) is 5.92. The molecule has 1 aliphatic rings. The van der Waals surface area contributed by atoms with Crippen molar-refractivity contribution in [3.8, 4) is 11.1 Å². The normalized spacial score (nSPS) is 14.0. The molecule has 2 amide bonds. The van der Waals surface area contributed by atoms with Crippen LogP contribution >= 0.6 is 11.3 Å². The van der Waals surface area contributed by atoms with Gasteiger partial charge in [0, 0.05) is 25.7 Å². The summed E-state index contributed by atoms with van der Waals surface area (Å²) in [6.07, 6.45) is 2.06. The molecule has 0 radical (unpaired) electrons. The summed E-state index contributed by atoms with van der Waals surface area (Å²) in [7, 11) is 1.64. The molecule has 0 N–H and O–H groups in total. The van der Waals surface area contributed by atoms with E-state index in [0.717, 1.165) is 37.1 Å². The molecule has 2 aromatic rings. The van der Waals surface area contributed by atoms with Gasteiger partial charge in [-0.05, 0) is 42.0 Å². The van der Waals surface area contributed by atoms with Gasteiger partial charge in [-0.2, -0.15) is 0 Å². The van der Waals surface area contributed by atoms with Crippen LogP contribution in [0.5, 0.6) is 0 Å². The molecule has 1 fully saturated rings. The zero-order chi connectivity index (χ0) is 17.1. The summed E-state index contributed by atoms with van der Waals surface area (Å²) in [4.78, 5) is 28.8. The molecular weight excluding hydrogens is 327 g/mol. The largest absolute Gasteiger partial charge is 0.341 e. The maximum Gasteiger partial charge on any atom is 0.264 e. The number of likely N-dealkylation sites (N-methyl/N-ethyl adjacent to an activating group) is 1. The average molecular weight is 346 g/mol. The van der Waals surface area contributed by atoms with Crippen molar-refractivity contribution < 1.29 is 14.0 Å². The Morgan fingerprint density at radius 3 is 2.50 bits per heavy atom. The Kier molecular flexibility index (Phi) is 4.94. The predicted octanol–water partition coefficient (Wildman–Crippen LogP) is 3.25. The first-order valence-electron chi connectivity index (χ1n) is 7.93. The summed E-state index contributed by atoms with van der Waals surface area (Å²) >= 11 is 1.33. The maximum atomic E-state index is 13.1. The van der Waals surface area contributed by atoms with E-state index < -0.39 is 0 Å². The van der Waals surface area contributed by atoms with Gasteiger partial charge in [-0.25, -0.2) is 4.39 Å². The van der Waals surface area contributed by atoms with E-state index >= 15 is 0 Å². The summed E-state index contributed by atoms with van der Waals surface area (Å²) in [5, 5.41) is 1.84. The summed E-state index contributed by atoms with van der Waals surface area (Å²) in [5.74, 6) is -0.504. The lowest BCUT2D eigenvalue weighted by molar-refractivity contribution is -0.130. The molecular formula is C18H19FN2O2S. The van der Waals surface area contributed by atoms with Gasteiger partial charge in [-0.1, -0.05) is 12.1 Å². The molecule has 0 unspecified atom stereocenters. The first kappa shape index (κ1) is 16.6. The molecule has 0 aliphatic carbocycles. The number of rotatable bonds is 4. The minimum atomic E-state index is -0.310. The number of hydrogen-bond acceptors (Lipinski definition) is 3. The van der Waals surface area contributed by atoms with Gasteiger partial charge in [0.2, 0.25) is 5.91 Å². The van der Waals surface area contributed by atoms with Gasteiger partial charge in [-0.15, -0.1) is 11.3 Å². The molecule has 1 aliphatic heterocycles. The molecule has 0 spiro atoms. The Labute approximate surface area is 144 Å². The van der Waals surface area contributed by atoms with Crippen molar-refractivity contribution in [2.24, 2.45) is 0 Å². The lowest BCUT2D eigenvalue weighted by atomic mass is 10.1. The van der Waals surface area contributed by atoms with Gasteiger partial charge in [0.15, 0.2) is 0 Å². The highest BCUT2D eigenvalue weighted by Gasteiger charge is 2.24. The number of amides is 2. The maximum absolute atomic E-state index is 13.1. The lowest BCUT2D eigenvalue weighted by Gasteiger charge is -2.21. The van der Waals surface area contributed by atoms with Gasteiger partial charge < -0.3 is 9.80 Å². The third kappa shape index (κ3) is 3.48. The standard InChI is InChI=1S/C18H19FN2O2S/c1-20(12-16(22)21-9-2-3-10-21)18(23)17-15(8-11-24-17)13-4-6-14(19)7-5-13/h4-8,11H,2-3,9-10,12H2,1H3. The second-order valence-corrected chi connectivity index (χ2v) is 6.84. The van der Waals surface area contributed by atoms with Crippen molar-refractivity contribution >= 4 is 23.2 Å². The number of halogens is 1. The molecule has 126 valence electrons. The third-order valence-electron chi connectivity index (χ3n) is 4.19. The highest BCUT2D eigenvalue weighted by molar-refractivity contribution is 7.12. The summed E-state index contributed by atoms with van der Waals surface area (Å²) < 4.78 is 13.1. The van der Waals surface area contributed by atoms with Gasteiger partial charge in [0.1, 0.15) is 5.82 Å². The van der Waals surface area contributed by atoms with E-state index in [1.54, 1.807) is 24.1 Å². The second kappa shape index (κ2) is 7.13. The number of thiophene rings is 1. The number of likely N-dealkylation sites (tertiary alicyclic amines) is 1. The number of benzene rings is 1. The van der Waals surface area contributed by atoms with Gasteiger partial charge in [-0.3, -0.25) is 9.59 Å². The number of hydrogen-bond donors (Lipinski definition) is 0. The van der Waals surface area contributed by atoms with Crippen molar-refractivity contribution in [1.82, 2.24) is 9.80 Å². The van der Waals surface area contributed by atoms with E-state index in [1.807, 2.05) is 11.4 Å². The number of carbonyl (C=O) groups excluding carboxylic acids is 2. The predicted molar refractivity (Wildman–Crippen MR) is 92.5 cm³/mol. The Morgan fingerprint density at radius 2 is 1.83 bits per heavy atom.